The zero-order valence-corrected chi connectivity index (χ0v) is 17.1. The third-order valence-corrected chi connectivity index (χ3v) is 6.89. The number of thiophene rings is 1. The van der Waals surface area contributed by atoms with Gasteiger partial charge >= 0.3 is 0 Å². The maximum Gasteiger partial charge on any atom is 0.267 e. The highest BCUT2D eigenvalue weighted by Crippen LogP contribution is 2.36. The van der Waals surface area contributed by atoms with Crippen molar-refractivity contribution in [2.24, 2.45) is 0 Å². The van der Waals surface area contributed by atoms with Crippen LogP contribution in [0.15, 0.2) is 34.2 Å². The van der Waals surface area contributed by atoms with Gasteiger partial charge in [-0.15, -0.1) is 11.3 Å². The molecule has 0 saturated heterocycles. The van der Waals surface area contributed by atoms with Crippen molar-refractivity contribution in [1.82, 2.24) is 9.55 Å². The summed E-state index contributed by atoms with van der Waals surface area (Å²) in [6.45, 7) is 0.603. The molecule has 3 aromatic rings. The van der Waals surface area contributed by atoms with Gasteiger partial charge in [0.25, 0.3) is 5.56 Å². The maximum absolute atomic E-state index is 13.6. The first kappa shape index (κ1) is 18.5. The van der Waals surface area contributed by atoms with Gasteiger partial charge in [-0.2, -0.15) is 0 Å². The van der Waals surface area contributed by atoms with E-state index < -0.39 is 0 Å². The van der Waals surface area contributed by atoms with E-state index in [1.54, 1.807) is 30.1 Å². The van der Waals surface area contributed by atoms with Crippen molar-refractivity contribution in [3.05, 3.63) is 45.1 Å². The summed E-state index contributed by atoms with van der Waals surface area (Å²) < 4.78 is 12.4. The highest BCUT2D eigenvalue weighted by atomic mass is 32.2. The fourth-order valence-corrected chi connectivity index (χ4v) is 5.73. The van der Waals surface area contributed by atoms with Gasteiger partial charge in [-0.25, -0.2) is 4.98 Å². The van der Waals surface area contributed by atoms with E-state index in [-0.39, 0.29) is 5.56 Å². The number of benzene rings is 1. The second kappa shape index (κ2) is 8.04. The summed E-state index contributed by atoms with van der Waals surface area (Å²) in [7, 11) is 3.30. The second-order valence-corrected chi connectivity index (χ2v) is 8.58. The lowest BCUT2D eigenvalue weighted by Gasteiger charge is -2.15. The molecule has 0 spiro atoms. The summed E-state index contributed by atoms with van der Waals surface area (Å²) in [4.78, 5) is 20.7. The first-order valence-corrected chi connectivity index (χ1v) is 10.9. The van der Waals surface area contributed by atoms with Gasteiger partial charge in [-0.05, 0) is 43.4 Å². The Hall–Kier alpha value is -1.83. The molecule has 1 aliphatic rings. The monoisotopic (exact) mass is 402 g/mol. The summed E-state index contributed by atoms with van der Waals surface area (Å²) >= 11 is 3.22. The number of aryl methyl sites for hydroxylation is 2. The molecule has 0 atom stereocenters. The first-order valence-electron chi connectivity index (χ1n) is 9.07. The minimum atomic E-state index is 0.00353. The van der Waals surface area contributed by atoms with Crippen LogP contribution in [-0.2, 0) is 17.6 Å². The third-order valence-electron chi connectivity index (χ3n) is 4.80. The molecule has 7 heteroatoms. The van der Waals surface area contributed by atoms with Gasteiger partial charge in [0, 0.05) is 17.7 Å². The Morgan fingerprint density at radius 3 is 2.85 bits per heavy atom. The van der Waals surface area contributed by atoms with Crippen LogP contribution >= 0.6 is 23.1 Å². The quantitative estimate of drug-likeness (QED) is 0.353. The lowest BCUT2D eigenvalue weighted by molar-refractivity contribution is 0.218. The van der Waals surface area contributed by atoms with Crippen molar-refractivity contribution in [2.45, 2.75) is 30.8 Å². The summed E-state index contributed by atoms with van der Waals surface area (Å²) in [5, 5.41) is 1.48. The average Bonchev–Trinajstić information content (AvgIpc) is 3.07. The molecule has 0 bridgehead atoms. The van der Waals surface area contributed by atoms with Crippen LogP contribution in [-0.4, -0.2) is 36.1 Å². The molecule has 0 saturated carbocycles. The standard InChI is InChI=1S/C20H22N2O3S2/c1-24-11-12-26-20-21-18-17(13-7-3-6-10-16(13)27-18)19(23)22(20)14-8-4-5-9-15(14)25-2/h4-5,8-9H,3,6-7,10-12H2,1-2H3. The number of rotatable bonds is 6. The lowest BCUT2D eigenvalue weighted by atomic mass is 9.97. The van der Waals surface area contributed by atoms with Gasteiger partial charge in [-0.3, -0.25) is 9.36 Å². The van der Waals surface area contributed by atoms with Gasteiger partial charge in [0.2, 0.25) is 0 Å². The molecule has 0 fully saturated rings. The highest BCUT2D eigenvalue weighted by Gasteiger charge is 2.23. The van der Waals surface area contributed by atoms with Crippen LogP contribution in [0.3, 0.4) is 0 Å². The number of para-hydroxylation sites is 2. The molecule has 1 aliphatic carbocycles. The number of hydrogen-bond donors (Lipinski definition) is 0. The number of hydrogen-bond acceptors (Lipinski definition) is 6. The Bertz CT molecular complexity index is 1030. The molecule has 0 N–H and O–H groups in total. The number of thioether (sulfide) groups is 1. The van der Waals surface area contributed by atoms with Gasteiger partial charge in [0.05, 0.1) is 24.8 Å². The summed E-state index contributed by atoms with van der Waals surface area (Å²) in [5.74, 6) is 1.40. The second-order valence-electron chi connectivity index (χ2n) is 6.44. The summed E-state index contributed by atoms with van der Waals surface area (Å²) in [6.07, 6.45) is 4.35. The Labute approximate surface area is 166 Å². The van der Waals surface area contributed by atoms with Crippen molar-refractivity contribution >= 4 is 33.3 Å². The van der Waals surface area contributed by atoms with E-state index in [1.807, 2.05) is 24.3 Å². The van der Waals surface area contributed by atoms with Crippen molar-refractivity contribution in [3.8, 4) is 11.4 Å². The third kappa shape index (κ3) is 3.39. The van der Waals surface area contributed by atoms with Crippen molar-refractivity contribution in [1.29, 1.82) is 0 Å². The number of ether oxygens (including phenoxy) is 2. The smallest absolute Gasteiger partial charge is 0.267 e. The van der Waals surface area contributed by atoms with Crippen LogP contribution < -0.4 is 10.3 Å². The van der Waals surface area contributed by atoms with Gasteiger partial charge in [0.15, 0.2) is 5.16 Å². The van der Waals surface area contributed by atoms with Crippen molar-refractivity contribution < 1.29 is 9.47 Å². The van der Waals surface area contributed by atoms with Crippen LogP contribution in [0.5, 0.6) is 5.75 Å². The zero-order valence-electron chi connectivity index (χ0n) is 15.5. The minimum Gasteiger partial charge on any atom is -0.495 e. The van der Waals surface area contributed by atoms with Gasteiger partial charge in [0.1, 0.15) is 10.6 Å². The Morgan fingerprint density at radius 1 is 1.22 bits per heavy atom. The fraction of sp³-hybridized carbons (Fsp3) is 0.400. The Kier molecular flexibility index (Phi) is 5.52. The van der Waals surface area contributed by atoms with E-state index >= 15 is 0 Å². The molecule has 0 aliphatic heterocycles. The first-order chi connectivity index (χ1) is 13.2. The number of aromatic nitrogens is 2. The lowest BCUT2D eigenvalue weighted by Crippen LogP contribution is -2.23. The van der Waals surface area contributed by atoms with E-state index in [0.717, 1.165) is 40.9 Å². The molecule has 2 heterocycles. The molecule has 0 unspecified atom stereocenters. The van der Waals surface area contributed by atoms with Crippen LogP contribution in [0, 0.1) is 0 Å². The molecule has 2 aromatic heterocycles. The molecular formula is C20H22N2O3S2. The van der Waals surface area contributed by atoms with E-state index in [0.29, 0.717) is 17.5 Å². The summed E-state index contributed by atoms with van der Waals surface area (Å²) in [5.41, 5.74) is 1.94. The van der Waals surface area contributed by atoms with Crippen molar-refractivity contribution in [2.75, 3.05) is 26.6 Å². The van der Waals surface area contributed by atoms with E-state index in [2.05, 4.69) is 0 Å². The molecule has 5 nitrogen and oxygen atoms in total. The molecule has 0 amide bonds. The van der Waals surface area contributed by atoms with Crippen molar-refractivity contribution in [3.63, 3.8) is 0 Å². The largest absolute Gasteiger partial charge is 0.495 e. The molecule has 142 valence electrons. The zero-order chi connectivity index (χ0) is 18.8. The van der Waals surface area contributed by atoms with E-state index in [1.165, 1.54) is 28.6 Å². The topological polar surface area (TPSA) is 53.3 Å². The Morgan fingerprint density at radius 2 is 2.04 bits per heavy atom. The fourth-order valence-electron chi connectivity index (χ4n) is 3.53. The minimum absolute atomic E-state index is 0.00353. The van der Waals surface area contributed by atoms with Crippen LogP contribution in [0.4, 0.5) is 0 Å². The van der Waals surface area contributed by atoms with E-state index in [9.17, 15) is 4.79 Å². The number of nitrogens with zero attached hydrogens (tertiary/aromatic N) is 2. The molecule has 4 rings (SSSR count). The van der Waals surface area contributed by atoms with Gasteiger partial charge in [-0.1, -0.05) is 23.9 Å². The van der Waals surface area contributed by atoms with Crippen LogP contribution in [0.25, 0.3) is 15.9 Å². The highest BCUT2D eigenvalue weighted by molar-refractivity contribution is 7.99. The van der Waals surface area contributed by atoms with E-state index in [4.69, 9.17) is 14.5 Å². The molecular weight excluding hydrogens is 380 g/mol. The number of fused-ring (bicyclic) bond motifs is 3. The molecule has 1 aromatic carbocycles. The molecule has 27 heavy (non-hydrogen) atoms. The number of methoxy groups -OCH3 is 2. The van der Waals surface area contributed by atoms with Crippen LogP contribution in [0.1, 0.15) is 23.3 Å². The SMILES string of the molecule is COCCSc1nc2sc3c(c2c(=O)n1-c1ccccc1OC)CCCC3. The molecule has 0 radical (unpaired) electrons. The van der Waals surface area contributed by atoms with Gasteiger partial charge < -0.3 is 9.47 Å². The summed E-state index contributed by atoms with van der Waals surface area (Å²) in [6, 6.07) is 7.61. The maximum atomic E-state index is 13.6. The Balaban J connectivity index is 1.97. The predicted octanol–water partition coefficient (Wildman–Crippen LogP) is 4.07. The average molecular weight is 403 g/mol. The predicted molar refractivity (Wildman–Crippen MR) is 111 cm³/mol. The normalized spacial score (nSPS) is 13.7. The van der Waals surface area contributed by atoms with Crippen LogP contribution in [0.2, 0.25) is 0 Å².